The van der Waals surface area contributed by atoms with Crippen molar-refractivity contribution >= 4 is 15.9 Å². The van der Waals surface area contributed by atoms with Crippen LogP contribution in [0.1, 0.15) is 45.4 Å². The molecule has 1 saturated carbocycles. The molecule has 0 bridgehead atoms. The zero-order chi connectivity index (χ0) is 9.57. The third kappa shape index (κ3) is 3.59. The zero-order valence-corrected chi connectivity index (χ0v) is 10.2. The molecule has 13 heavy (non-hydrogen) atoms. The fourth-order valence-corrected chi connectivity index (χ4v) is 2.61. The Morgan fingerprint density at radius 2 is 2.08 bits per heavy atom. The molecule has 0 radical (unpaired) electrons. The van der Waals surface area contributed by atoms with Gasteiger partial charge in [0.25, 0.3) is 0 Å². The Morgan fingerprint density at radius 3 is 2.54 bits per heavy atom. The average Bonchev–Trinajstić information content (AvgIpc) is 2.09. The Bertz CT molecular complexity index is 127. The predicted molar refractivity (Wildman–Crippen MR) is 60.4 cm³/mol. The molecule has 1 rings (SSSR count). The number of ether oxygens (including phenoxy) is 1. The van der Waals surface area contributed by atoms with Crippen LogP contribution in [0.3, 0.4) is 0 Å². The highest BCUT2D eigenvalue weighted by Gasteiger charge is 2.35. The highest BCUT2D eigenvalue weighted by Crippen LogP contribution is 2.45. The van der Waals surface area contributed by atoms with E-state index in [1.165, 1.54) is 38.5 Å². The molecule has 1 fully saturated rings. The quantitative estimate of drug-likeness (QED) is 0.493. The van der Waals surface area contributed by atoms with Crippen LogP contribution in [-0.4, -0.2) is 18.5 Å². The van der Waals surface area contributed by atoms with Gasteiger partial charge in [-0.2, -0.15) is 0 Å². The molecule has 0 spiro atoms. The van der Waals surface area contributed by atoms with E-state index >= 15 is 0 Å². The van der Waals surface area contributed by atoms with E-state index < -0.39 is 0 Å². The summed E-state index contributed by atoms with van der Waals surface area (Å²) in [4.78, 5) is 0. The molecule has 1 aliphatic rings. The second kappa shape index (κ2) is 6.02. The fraction of sp³-hybridized carbons (Fsp3) is 1.00. The number of rotatable bonds is 7. The Labute approximate surface area is 90.4 Å². The molecule has 0 heterocycles. The average molecular weight is 249 g/mol. The summed E-state index contributed by atoms with van der Waals surface area (Å²) in [6, 6.07) is 0. The maximum atomic E-state index is 5.59. The maximum Gasteiger partial charge on any atom is 0.0471 e. The summed E-state index contributed by atoms with van der Waals surface area (Å²) in [7, 11) is 0. The largest absolute Gasteiger partial charge is 0.381 e. The van der Waals surface area contributed by atoms with Gasteiger partial charge in [0.2, 0.25) is 0 Å². The summed E-state index contributed by atoms with van der Waals surface area (Å²) in [5.41, 5.74) is 0.603. The third-order valence-electron chi connectivity index (χ3n) is 3.12. The van der Waals surface area contributed by atoms with Gasteiger partial charge in [-0.3, -0.25) is 0 Å². The molecule has 78 valence electrons. The number of hydrogen-bond donors (Lipinski definition) is 0. The first-order valence-corrected chi connectivity index (χ1v) is 6.59. The Kier molecular flexibility index (Phi) is 5.34. The minimum Gasteiger partial charge on any atom is -0.381 e. The van der Waals surface area contributed by atoms with E-state index in [2.05, 4.69) is 22.9 Å². The van der Waals surface area contributed by atoms with Crippen LogP contribution in [-0.2, 0) is 4.74 Å². The predicted octanol–water partition coefficient (Wildman–Crippen LogP) is 3.76. The van der Waals surface area contributed by atoms with Gasteiger partial charge < -0.3 is 4.74 Å². The van der Waals surface area contributed by atoms with Crippen molar-refractivity contribution in [3.8, 4) is 0 Å². The van der Waals surface area contributed by atoms with Gasteiger partial charge in [0.1, 0.15) is 0 Å². The van der Waals surface area contributed by atoms with Crippen LogP contribution in [0.25, 0.3) is 0 Å². The molecule has 0 aromatic heterocycles. The van der Waals surface area contributed by atoms with Crippen molar-refractivity contribution < 1.29 is 4.74 Å². The van der Waals surface area contributed by atoms with Gasteiger partial charge in [-0.05, 0) is 31.1 Å². The van der Waals surface area contributed by atoms with Crippen molar-refractivity contribution in [2.45, 2.75) is 45.4 Å². The smallest absolute Gasteiger partial charge is 0.0471 e. The van der Waals surface area contributed by atoms with E-state index in [1.807, 2.05) is 0 Å². The Balaban J connectivity index is 1.98. The fourth-order valence-electron chi connectivity index (χ4n) is 1.76. The number of halogens is 1. The lowest BCUT2D eigenvalue weighted by atomic mass is 9.68. The summed E-state index contributed by atoms with van der Waals surface area (Å²) >= 11 is 3.61. The molecule has 1 aliphatic carbocycles. The van der Waals surface area contributed by atoms with Crippen LogP contribution in [0.15, 0.2) is 0 Å². The third-order valence-corrected chi connectivity index (χ3v) is 4.31. The van der Waals surface area contributed by atoms with E-state index in [0.717, 1.165) is 18.5 Å². The van der Waals surface area contributed by atoms with Crippen molar-refractivity contribution in [1.29, 1.82) is 0 Å². The highest BCUT2D eigenvalue weighted by molar-refractivity contribution is 9.09. The molecule has 2 heteroatoms. The molecule has 0 aliphatic heterocycles. The summed E-state index contributed by atoms with van der Waals surface area (Å²) in [6.07, 6.45) is 7.91. The van der Waals surface area contributed by atoms with Crippen LogP contribution in [0.4, 0.5) is 0 Å². The number of hydrogen-bond acceptors (Lipinski definition) is 1. The van der Waals surface area contributed by atoms with Crippen LogP contribution >= 0.6 is 15.9 Å². The second-order valence-electron chi connectivity index (χ2n) is 4.20. The molecule has 0 unspecified atom stereocenters. The molecule has 0 saturated heterocycles. The molecule has 1 nitrogen and oxygen atoms in total. The van der Waals surface area contributed by atoms with Gasteiger partial charge in [-0.15, -0.1) is 0 Å². The molecule has 0 amide bonds. The first-order valence-electron chi connectivity index (χ1n) is 5.47. The molecule has 0 aromatic carbocycles. The van der Waals surface area contributed by atoms with E-state index in [-0.39, 0.29) is 0 Å². The van der Waals surface area contributed by atoms with Gasteiger partial charge >= 0.3 is 0 Å². The van der Waals surface area contributed by atoms with Crippen LogP contribution in [0.5, 0.6) is 0 Å². The SMILES string of the molecule is CCCCOCCC1(CBr)CCC1. The minimum absolute atomic E-state index is 0.603. The highest BCUT2D eigenvalue weighted by atomic mass is 79.9. The zero-order valence-electron chi connectivity index (χ0n) is 8.65. The van der Waals surface area contributed by atoms with Crippen molar-refractivity contribution in [2.75, 3.05) is 18.5 Å². The summed E-state index contributed by atoms with van der Waals surface area (Å²) in [5.74, 6) is 0. The van der Waals surface area contributed by atoms with Crippen LogP contribution in [0, 0.1) is 5.41 Å². The normalized spacial score (nSPS) is 19.8. The van der Waals surface area contributed by atoms with Gasteiger partial charge in [-0.1, -0.05) is 35.7 Å². The molecular weight excluding hydrogens is 228 g/mol. The van der Waals surface area contributed by atoms with E-state index in [0.29, 0.717) is 5.41 Å². The first-order chi connectivity index (χ1) is 6.33. The van der Waals surface area contributed by atoms with Crippen LogP contribution in [0.2, 0.25) is 0 Å². The number of unbranched alkanes of at least 4 members (excludes halogenated alkanes) is 1. The molecule has 0 aromatic rings. The Morgan fingerprint density at radius 1 is 1.31 bits per heavy atom. The minimum atomic E-state index is 0.603. The summed E-state index contributed by atoms with van der Waals surface area (Å²) < 4.78 is 5.59. The lowest BCUT2D eigenvalue weighted by Crippen LogP contribution is -2.32. The maximum absolute atomic E-state index is 5.59. The molecule has 0 N–H and O–H groups in total. The van der Waals surface area contributed by atoms with Gasteiger partial charge in [0.05, 0.1) is 0 Å². The van der Waals surface area contributed by atoms with Gasteiger partial charge in [0.15, 0.2) is 0 Å². The lowest BCUT2D eigenvalue weighted by molar-refractivity contribution is 0.0647. The topological polar surface area (TPSA) is 9.23 Å². The second-order valence-corrected chi connectivity index (χ2v) is 4.76. The molecule has 0 atom stereocenters. The summed E-state index contributed by atoms with van der Waals surface area (Å²) in [5, 5.41) is 1.16. The Hall–Kier alpha value is 0.440. The number of alkyl halides is 1. The van der Waals surface area contributed by atoms with Crippen molar-refractivity contribution in [2.24, 2.45) is 5.41 Å². The lowest BCUT2D eigenvalue weighted by Gasteiger charge is -2.40. The van der Waals surface area contributed by atoms with Crippen molar-refractivity contribution in [3.05, 3.63) is 0 Å². The van der Waals surface area contributed by atoms with Crippen molar-refractivity contribution in [3.63, 3.8) is 0 Å². The van der Waals surface area contributed by atoms with E-state index in [9.17, 15) is 0 Å². The van der Waals surface area contributed by atoms with E-state index in [1.54, 1.807) is 0 Å². The van der Waals surface area contributed by atoms with Gasteiger partial charge in [-0.25, -0.2) is 0 Å². The first kappa shape index (κ1) is 11.5. The monoisotopic (exact) mass is 248 g/mol. The van der Waals surface area contributed by atoms with Crippen LogP contribution < -0.4 is 0 Å². The van der Waals surface area contributed by atoms with Gasteiger partial charge in [0, 0.05) is 18.5 Å². The van der Waals surface area contributed by atoms with E-state index in [4.69, 9.17) is 4.74 Å². The molecular formula is C11H21BrO. The van der Waals surface area contributed by atoms with Crippen molar-refractivity contribution in [1.82, 2.24) is 0 Å². The summed E-state index contributed by atoms with van der Waals surface area (Å²) in [6.45, 7) is 4.12. The standard InChI is InChI=1S/C11H21BrO/c1-2-3-8-13-9-7-11(10-12)5-4-6-11/h2-10H2,1H3.